The Morgan fingerprint density at radius 1 is 1.26 bits per heavy atom. The maximum atomic E-state index is 12.7. The fourth-order valence-electron chi connectivity index (χ4n) is 3.70. The Labute approximate surface area is 185 Å². The number of nitrogens with zero attached hydrogens (tertiary/aromatic N) is 6. The van der Waals surface area contributed by atoms with Crippen LogP contribution in [-0.4, -0.2) is 35.5 Å². The van der Waals surface area contributed by atoms with Gasteiger partial charge in [0.15, 0.2) is 4.96 Å². The molecule has 0 saturated heterocycles. The van der Waals surface area contributed by atoms with E-state index in [1.165, 1.54) is 30.0 Å². The molecule has 0 bridgehead atoms. The van der Waals surface area contributed by atoms with Gasteiger partial charge in [0.1, 0.15) is 0 Å². The highest BCUT2D eigenvalue weighted by Gasteiger charge is 2.19. The van der Waals surface area contributed by atoms with Crippen molar-refractivity contribution in [2.24, 2.45) is 0 Å². The van der Waals surface area contributed by atoms with Gasteiger partial charge in [-0.3, -0.25) is 14.0 Å². The lowest BCUT2D eigenvalue weighted by Gasteiger charge is -2.10. The number of nitrogens with one attached hydrogen (secondary N) is 1. The standard InChI is InChI=1S/C20H19N7O2S2/c1-12(28)21-13-5-4-6-15(9-13)27-20(23-24-25-27)30-11-14-10-18(29)26-16-7-2-3-8-17(16)31-19(26)22-14/h4-6,9-10H,2-3,7-8,11H2,1H3,(H,21,28). The highest BCUT2D eigenvalue weighted by molar-refractivity contribution is 7.98. The second kappa shape index (κ2) is 8.23. The van der Waals surface area contributed by atoms with E-state index in [2.05, 4.69) is 20.8 Å². The number of carbonyl (C=O) groups excluding carboxylic acids is 1. The van der Waals surface area contributed by atoms with Gasteiger partial charge in [0.2, 0.25) is 11.1 Å². The summed E-state index contributed by atoms with van der Waals surface area (Å²) in [5.41, 5.74) is 3.20. The number of anilines is 1. The first-order chi connectivity index (χ1) is 15.1. The summed E-state index contributed by atoms with van der Waals surface area (Å²) in [6.45, 7) is 1.46. The Hall–Kier alpha value is -3.05. The molecular formula is C20H19N7O2S2. The third kappa shape index (κ3) is 3.98. The molecule has 0 aliphatic heterocycles. The number of hydrogen-bond acceptors (Lipinski definition) is 8. The molecule has 1 amide bonds. The van der Waals surface area contributed by atoms with Crippen LogP contribution < -0.4 is 10.9 Å². The molecule has 31 heavy (non-hydrogen) atoms. The van der Waals surface area contributed by atoms with Crippen molar-refractivity contribution in [2.45, 2.75) is 43.5 Å². The Kier molecular flexibility index (Phi) is 5.28. The lowest BCUT2D eigenvalue weighted by atomic mass is 10.0. The van der Waals surface area contributed by atoms with Crippen molar-refractivity contribution in [3.8, 4) is 5.69 Å². The van der Waals surface area contributed by atoms with E-state index >= 15 is 0 Å². The van der Waals surface area contributed by atoms with Crippen molar-refractivity contribution in [1.29, 1.82) is 0 Å². The van der Waals surface area contributed by atoms with Crippen LogP contribution in [0.3, 0.4) is 0 Å². The lowest BCUT2D eigenvalue weighted by Crippen LogP contribution is -2.17. The molecule has 0 atom stereocenters. The molecule has 0 saturated carbocycles. The molecule has 5 rings (SSSR count). The molecule has 1 aliphatic carbocycles. The molecule has 158 valence electrons. The van der Waals surface area contributed by atoms with E-state index in [0.717, 1.165) is 35.6 Å². The summed E-state index contributed by atoms with van der Waals surface area (Å²) in [6.07, 6.45) is 4.26. The number of hydrogen-bond donors (Lipinski definition) is 1. The summed E-state index contributed by atoms with van der Waals surface area (Å²) >= 11 is 3.03. The SMILES string of the molecule is CC(=O)Nc1cccc(-n2nnnc2SCc2cc(=O)n3c4c(sc3n2)CCCC4)c1. The van der Waals surface area contributed by atoms with Gasteiger partial charge in [0.25, 0.3) is 5.56 Å². The van der Waals surface area contributed by atoms with Gasteiger partial charge in [0.05, 0.1) is 11.4 Å². The number of benzene rings is 1. The number of aromatic nitrogens is 6. The first-order valence-electron chi connectivity index (χ1n) is 9.91. The zero-order chi connectivity index (χ0) is 21.4. The molecule has 1 aromatic carbocycles. The van der Waals surface area contributed by atoms with E-state index in [4.69, 9.17) is 4.98 Å². The fourth-order valence-corrected chi connectivity index (χ4v) is 5.72. The van der Waals surface area contributed by atoms with Gasteiger partial charge in [-0.25, -0.2) is 4.98 Å². The topological polar surface area (TPSA) is 107 Å². The number of fused-ring (bicyclic) bond motifs is 3. The molecule has 1 aliphatic rings. The monoisotopic (exact) mass is 453 g/mol. The van der Waals surface area contributed by atoms with Gasteiger partial charge in [-0.2, -0.15) is 4.68 Å². The minimum absolute atomic E-state index is 0.0254. The third-order valence-electron chi connectivity index (χ3n) is 5.02. The van der Waals surface area contributed by atoms with Crippen LogP contribution in [-0.2, 0) is 23.4 Å². The summed E-state index contributed by atoms with van der Waals surface area (Å²) in [5, 5.41) is 15.3. The summed E-state index contributed by atoms with van der Waals surface area (Å²) in [7, 11) is 0. The van der Waals surface area contributed by atoms with Crippen LogP contribution in [0.25, 0.3) is 10.6 Å². The van der Waals surface area contributed by atoms with Gasteiger partial charge in [-0.05, 0) is 54.3 Å². The average Bonchev–Trinajstić information content (AvgIpc) is 3.36. The predicted molar refractivity (Wildman–Crippen MR) is 119 cm³/mol. The minimum atomic E-state index is -0.147. The number of aryl methyl sites for hydroxylation is 2. The first-order valence-corrected chi connectivity index (χ1v) is 11.7. The highest BCUT2D eigenvalue weighted by Crippen LogP contribution is 2.29. The van der Waals surface area contributed by atoms with Crippen LogP contribution in [0.1, 0.15) is 36.0 Å². The Bertz CT molecular complexity index is 1340. The van der Waals surface area contributed by atoms with E-state index in [-0.39, 0.29) is 11.5 Å². The van der Waals surface area contributed by atoms with E-state index in [0.29, 0.717) is 22.3 Å². The van der Waals surface area contributed by atoms with Gasteiger partial charge in [-0.15, -0.1) is 16.4 Å². The Balaban J connectivity index is 1.39. The molecule has 0 spiro atoms. The van der Waals surface area contributed by atoms with Crippen molar-refractivity contribution in [3.63, 3.8) is 0 Å². The smallest absolute Gasteiger partial charge is 0.259 e. The summed E-state index contributed by atoms with van der Waals surface area (Å²) in [5.74, 6) is 0.326. The van der Waals surface area contributed by atoms with Crippen LogP contribution in [0.5, 0.6) is 0 Å². The lowest BCUT2D eigenvalue weighted by molar-refractivity contribution is -0.114. The molecule has 0 fully saturated rings. The summed E-state index contributed by atoms with van der Waals surface area (Å²) < 4.78 is 3.37. The fraction of sp³-hybridized carbons (Fsp3) is 0.300. The number of rotatable bonds is 5. The second-order valence-corrected chi connectivity index (χ2v) is 9.28. The number of thioether (sulfide) groups is 1. The van der Waals surface area contributed by atoms with Crippen LogP contribution >= 0.6 is 23.1 Å². The third-order valence-corrected chi connectivity index (χ3v) is 7.11. The van der Waals surface area contributed by atoms with Crippen molar-refractivity contribution >= 4 is 39.7 Å². The van der Waals surface area contributed by atoms with E-state index in [9.17, 15) is 9.59 Å². The number of tetrazole rings is 1. The Morgan fingerprint density at radius 3 is 3.00 bits per heavy atom. The van der Waals surface area contributed by atoms with E-state index < -0.39 is 0 Å². The number of carbonyl (C=O) groups is 1. The molecule has 4 aromatic rings. The molecule has 3 aromatic heterocycles. The zero-order valence-corrected chi connectivity index (χ0v) is 18.4. The predicted octanol–water partition coefficient (Wildman–Crippen LogP) is 2.86. The highest BCUT2D eigenvalue weighted by atomic mass is 32.2. The normalized spacial score (nSPS) is 13.3. The van der Waals surface area contributed by atoms with Crippen molar-refractivity contribution in [1.82, 2.24) is 29.6 Å². The van der Waals surface area contributed by atoms with Crippen molar-refractivity contribution < 1.29 is 4.79 Å². The average molecular weight is 454 g/mol. The van der Waals surface area contributed by atoms with Gasteiger partial charge in [0, 0.05) is 35.0 Å². The van der Waals surface area contributed by atoms with Gasteiger partial charge >= 0.3 is 0 Å². The molecule has 9 nitrogen and oxygen atoms in total. The van der Waals surface area contributed by atoms with Crippen LogP contribution in [0.2, 0.25) is 0 Å². The minimum Gasteiger partial charge on any atom is -0.326 e. The van der Waals surface area contributed by atoms with E-state index in [1.807, 2.05) is 12.1 Å². The zero-order valence-electron chi connectivity index (χ0n) is 16.7. The maximum absolute atomic E-state index is 12.7. The molecule has 0 unspecified atom stereocenters. The largest absolute Gasteiger partial charge is 0.326 e. The maximum Gasteiger partial charge on any atom is 0.259 e. The second-order valence-electron chi connectivity index (χ2n) is 7.28. The molecule has 11 heteroatoms. The van der Waals surface area contributed by atoms with Gasteiger partial charge < -0.3 is 5.32 Å². The summed E-state index contributed by atoms with van der Waals surface area (Å²) in [4.78, 5) is 30.8. The quantitative estimate of drug-likeness (QED) is 0.463. The number of thiazole rings is 1. The van der Waals surface area contributed by atoms with Crippen LogP contribution in [0, 0.1) is 0 Å². The molecule has 1 N–H and O–H groups in total. The van der Waals surface area contributed by atoms with Crippen LogP contribution in [0.15, 0.2) is 40.3 Å². The van der Waals surface area contributed by atoms with Crippen LogP contribution in [0.4, 0.5) is 5.69 Å². The van der Waals surface area contributed by atoms with E-state index in [1.54, 1.807) is 38.6 Å². The number of amides is 1. The molecule has 3 heterocycles. The first kappa shape index (κ1) is 19.9. The van der Waals surface area contributed by atoms with Gasteiger partial charge in [-0.1, -0.05) is 17.8 Å². The summed E-state index contributed by atoms with van der Waals surface area (Å²) in [6, 6.07) is 8.89. The molecular weight excluding hydrogens is 434 g/mol. The van der Waals surface area contributed by atoms with Crippen molar-refractivity contribution in [2.75, 3.05) is 5.32 Å². The van der Waals surface area contributed by atoms with Crippen molar-refractivity contribution in [3.05, 3.63) is 57.0 Å². The Morgan fingerprint density at radius 2 is 2.13 bits per heavy atom. The molecule has 0 radical (unpaired) electrons.